The van der Waals surface area contributed by atoms with Gasteiger partial charge in [-0.25, -0.2) is 4.79 Å². The van der Waals surface area contributed by atoms with Gasteiger partial charge >= 0.3 is 5.97 Å². The fraction of sp³-hybridized carbons (Fsp3) is 0.727. The Morgan fingerprint density at radius 2 is 1.80 bits per heavy atom. The van der Waals surface area contributed by atoms with Gasteiger partial charge in [-0.05, 0) is 80.3 Å². The van der Waals surface area contributed by atoms with Crippen LogP contribution in [0.1, 0.15) is 65.2 Å². The number of ether oxygens (including phenoxy) is 1. The lowest BCUT2D eigenvalue weighted by Crippen LogP contribution is -2.54. The van der Waals surface area contributed by atoms with Gasteiger partial charge in [-0.2, -0.15) is 0 Å². The quantitative estimate of drug-likeness (QED) is 0.615. The van der Waals surface area contributed by atoms with Gasteiger partial charge in [0.15, 0.2) is 5.78 Å². The highest BCUT2D eigenvalue weighted by Crippen LogP contribution is 2.68. The molecule has 0 saturated heterocycles. The third kappa shape index (κ3) is 1.88. The summed E-state index contributed by atoms with van der Waals surface area (Å²) in [5.74, 6) is 2.21. The summed E-state index contributed by atoms with van der Waals surface area (Å²) in [5.41, 5.74) is 1.38. The molecule has 134 valence electrons. The standard InChI is InChI=1S/C22H28O3/c1-20-9-5-15(23)13-14(20)3-4-16-17(20)6-10-21(2)18(16)7-11-22(21)12-8-19(24)25-22/h8,12-13,16-18H,3-7,9-11H2,1-2H3/t16-,17+,18-,20-,21-,22+/m0/s1. The SMILES string of the molecule is C[C@]12CCC(=O)C=C1CC[C@H]1[C@H]2CC[C@@]2(C)[C@H]1CC[C@@]21C=CC(=O)O1. The second-order valence-corrected chi connectivity index (χ2v) is 9.61. The van der Waals surface area contributed by atoms with Gasteiger partial charge in [0, 0.05) is 17.9 Å². The summed E-state index contributed by atoms with van der Waals surface area (Å²) in [6.45, 7) is 4.80. The van der Waals surface area contributed by atoms with E-state index in [1.807, 2.05) is 6.08 Å². The van der Waals surface area contributed by atoms with Crippen LogP contribution >= 0.6 is 0 Å². The van der Waals surface area contributed by atoms with Crippen LogP contribution in [0.25, 0.3) is 0 Å². The number of hydrogen-bond donors (Lipinski definition) is 0. The Morgan fingerprint density at radius 1 is 1.00 bits per heavy atom. The second kappa shape index (κ2) is 4.86. The lowest BCUT2D eigenvalue weighted by atomic mass is 9.46. The topological polar surface area (TPSA) is 43.4 Å². The highest BCUT2D eigenvalue weighted by molar-refractivity contribution is 5.91. The summed E-state index contributed by atoms with van der Waals surface area (Å²) < 4.78 is 5.90. The van der Waals surface area contributed by atoms with Crippen LogP contribution < -0.4 is 0 Å². The summed E-state index contributed by atoms with van der Waals surface area (Å²) in [4.78, 5) is 23.7. The van der Waals surface area contributed by atoms with Gasteiger partial charge in [0.05, 0.1) is 0 Å². The smallest absolute Gasteiger partial charge is 0.331 e. The van der Waals surface area contributed by atoms with Crippen LogP contribution in [-0.4, -0.2) is 17.4 Å². The van der Waals surface area contributed by atoms with Crippen LogP contribution in [0.15, 0.2) is 23.8 Å². The van der Waals surface area contributed by atoms with E-state index in [-0.39, 0.29) is 22.4 Å². The Kier molecular flexibility index (Phi) is 3.08. The van der Waals surface area contributed by atoms with E-state index in [1.54, 1.807) is 6.08 Å². The molecular weight excluding hydrogens is 312 g/mol. The highest BCUT2D eigenvalue weighted by Gasteiger charge is 2.66. The number of hydrogen-bond acceptors (Lipinski definition) is 3. The molecule has 5 rings (SSSR count). The van der Waals surface area contributed by atoms with Crippen molar-refractivity contribution in [2.75, 3.05) is 0 Å². The monoisotopic (exact) mass is 340 g/mol. The molecule has 0 aromatic carbocycles. The molecule has 1 spiro atoms. The minimum atomic E-state index is -0.348. The van der Waals surface area contributed by atoms with Crippen LogP contribution in [0.5, 0.6) is 0 Å². The van der Waals surface area contributed by atoms with Crippen molar-refractivity contribution in [3.8, 4) is 0 Å². The lowest BCUT2D eigenvalue weighted by Gasteiger charge is -2.58. The van der Waals surface area contributed by atoms with Crippen molar-refractivity contribution in [2.24, 2.45) is 28.6 Å². The van der Waals surface area contributed by atoms with Crippen molar-refractivity contribution in [3.05, 3.63) is 23.8 Å². The molecule has 3 heteroatoms. The number of fused-ring (bicyclic) bond motifs is 6. The number of ketones is 1. The molecule has 0 radical (unpaired) electrons. The Labute approximate surface area is 149 Å². The predicted molar refractivity (Wildman–Crippen MR) is 94.7 cm³/mol. The third-order valence-electron chi connectivity index (χ3n) is 8.92. The zero-order valence-electron chi connectivity index (χ0n) is 15.3. The Morgan fingerprint density at radius 3 is 2.56 bits per heavy atom. The average molecular weight is 340 g/mol. The Balaban J connectivity index is 1.50. The zero-order valence-corrected chi connectivity index (χ0v) is 15.3. The summed E-state index contributed by atoms with van der Waals surface area (Å²) >= 11 is 0. The van der Waals surface area contributed by atoms with Crippen molar-refractivity contribution in [2.45, 2.75) is 70.8 Å². The second-order valence-electron chi connectivity index (χ2n) is 9.61. The van der Waals surface area contributed by atoms with Crippen LogP contribution in [0.2, 0.25) is 0 Å². The molecule has 3 saturated carbocycles. The number of esters is 1. The zero-order chi connectivity index (χ0) is 17.4. The van der Waals surface area contributed by atoms with Crippen molar-refractivity contribution in [1.29, 1.82) is 0 Å². The molecule has 3 nitrogen and oxygen atoms in total. The number of carbonyl (C=O) groups excluding carboxylic acids is 2. The maximum atomic E-state index is 11.9. The van der Waals surface area contributed by atoms with Gasteiger partial charge in [-0.3, -0.25) is 4.79 Å². The number of rotatable bonds is 0. The Hall–Kier alpha value is -1.38. The fourth-order valence-corrected chi connectivity index (χ4v) is 7.48. The molecule has 1 aliphatic heterocycles. The van der Waals surface area contributed by atoms with E-state index in [4.69, 9.17) is 4.74 Å². The molecule has 3 fully saturated rings. The number of allylic oxidation sites excluding steroid dienone is 1. The molecule has 0 aromatic rings. The van der Waals surface area contributed by atoms with Gasteiger partial charge in [-0.1, -0.05) is 19.4 Å². The molecule has 0 bridgehead atoms. The van der Waals surface area contributed by atoms with Crippen LogP contribution in [0.3, 0.4) is 0 Å². The molecule has 0 aromatic heterocycles. The van der Waals surface area contributed by atoms with Crippen molar-refractivity contribution >= 4 is 11.8 Å². The average Bonchev–Trinajstić information content (AvgIpc) is 3.10. The summed E-state index contributed by atoms with van der Waals surface area (Å²) in [5, 5.41) is 0. The third-order valence-corrected chi connectivity index (χ3v) is 8.92. The van der Waals surface area contributed by atoms with E-state index < -0.39 is 0 Å². The number of carbonyl (C=O) groups is 2. The molecule has 1 heterocycles. The summed E-state index contributed by atoms with van der Waals surface area (Å²) in [6, 6.07) is 0. The van der Waals surface area contributed by atoms with Gasteiger partial charge in [0.25, 0.3) is 0 Å². The Bertz CT molecular complexity index is 719. The van der Waals surface area contributed by atoms with E-state index >= 15 is 0 Å². The van der Waals surface area contributed by atoms with Crippen molar-refractivity contribution in [3.63, 3.8) is 0 Å². The van der Waals surface area contributed by atoms with Gasteiger partial charge in [-0.15, -0.1) is 0 Å². The van der Waals surface area contributed by atoms with E-state index in [9.17, 15) is 9.59 Å². The predicted octanol–water partition coefficient (Wildman–Crippen LogP) is 4.37. The minimum absolute atomic E-state index is 0.0822. The molecule has 25 heavy (non-hydrogen) atoms. The lowest BCUT2D eigenvalue weighted by molar-refractivity contribution is -0.162. The first kappa shape index (κ1) is 15.8. The first-order valence-electron chi connectivity index (χ1n) is 10.0. The van der Waals surface area contributed by atoms with Crippen molar-refractivity contribution in [1.82, 2.24) is 0 Å². The van der Waals surface area contributed by atoms with Crippen LogP contribution in [0.4, 0.5) is 0 Å². The first-order chi connectivity index (χ1) is 11.9. The first-order valence-corrected chi connectivity index (χ1v) is 10.0. The van der Waals surface area contributed by atoms with Crippen LogP contribution in [0, 0.1) is 28.6 Å². The van der Waals surface area contributed by atoms with E-state index in [0.717, 1.165) is 32.1 Å². The summed E-state index contributed by atoms with van der Waals surface area (Å²) in [7, 11) is 0. The molecule has 0 amide bonds. The normalized spacial score (nSPS) is 51.0. The van der Waals surface area contributed by atoms with Crippen LogP contribution in [-0.2, 0) is 14.3 Å². The molecule has 0 unspecified atom stereocenters. The van der Waals surface area contributed by atoms with E-state index in [1.165, 1.54) is 24.8 Å². The minimum Gasteiger partial charge on any atom is -0.451 e. The summed E-state index contributed by atoms with van der Waals surface area (Å²) in [6.07, 6.45) is 14.2. The van der Waals surface area contributed by atoms with Gasteiger partial charge in [0.1, 0.15) is 5.60 Å². The molecule has 6 atom stereocenters. The van der Waals surface area contributed by atoms with E-state index in [0.29, 0.717) is 23.5 Å². The van der Waals surface area contributed by atoms with Crippen molar-refractivity contribution < 1.29 is 14.3 Å². The molecule has 5 aliphatic rings. The maximum Gasteiger partial charge on any atom is 0.331 e. The molecule has 0 N–H and O–H groups in total. The van der Waals surface area contributed by atoms with Gasteiger partial charge < -0.3 is 4.74 Å². The molecular formula is C22H28O3. The van der Waals surface area contributed by atoms with Gasteiger partial charge in [0.2, 0.25) is 0 Å². The highest BCUT2D eigenvalue weighted by atomic mass is 16.6. The fourth-order valence-electron chi connectivity index (χ4n) is 7.48. The molecule has 4 aliphatic carbocycles. The largest absolute Gasteiger partial charge is 0.451 e. The maximum absolute atomic E-state index is 11.9. The van der Waals surface area contributed by atoms with E-state index in [2.05, 4.69) is 19.9 Å².